The van der Waals surface area contributed by atoms with Crippen LogP contribution in [-0.2, 0) is 0 Å². The van der Waals surface area contributed by atoms with Gasteiger partial charge in [0.25, 0.3) is 0 Å². The third-order valence-corrected chi connectivity index (χ3v) is 2.83. The van der Waals surface area contributed by atoms with E-state index in [2.05, 4.69) is 15.9 Å². The Morgan fingerprint density at radius 3 is 2.33 bits per heavy atom. The molecule has 2 rings (SSSR count). The zero-order valence-corrected chi connectivity index (χ0v) is 9.46. The summed E-state index contributed by atoms with van der Waals surface area (Å²) in [5, 5.41) is 0. The molecule has 0 amide bonds. The molecule has 0 radical (unpaired) electrons. The van der Waals surface area contributed by atoms with Crippen molar-refractivity contribution in [3.63, 3.8) is 0 Å². The van der Waals surface area contributed by atoms with E-state index in [1.54, 1.807) is 12.1 Å². The van der Waals surface area contributed by atoms with Crippen molar-refractivity contribution in [2.75, 3.05) is 5.73 Å². The van der Waals surface area contributed by atoms with Gasteiger partial charge in [-0.3, -0.25) is 0 Å². The largest absolute Gasteiger partial charge is 0.396 e. The first-order valence-corrected chi connectivity index (χ1v) is 5.28. The van der Waals surface area contributed by atoms with Crippen molar-refractivity contribution in [2.45, 2.75) is 0 Å². The fourth-order valence-electron chi connectivity index (χ4n) is 1.44. The Bertz CT molecular complexity index is 482. The van der Waals surface area contributed by atoms with E-state index in [1.165, 1.54) is 0 Å². The van der Waals surface area contributed by atoms with Gasteiger partial charge in [-0.15, -0.1) is 0 Å². The van der Waals surface area contributed by atoms with E-state index in [0.29, 0.717) is 4.47 Å². The Morgan fingerprint density at radius 1 is 1.00 bits per heavy atom. The molecule has 0 spiro atoms. The molecule has 2 N–H and O–H groups in total. The molecular weight excluding hydrogens is 257 g/mol. The zero-order valence-electron chi connectivity index (χ0n) is 7.87. The third-order valence-electron chi connectivity index (χ3n) is 2.22. The number of nitrogens with two attached hydrogens (primary N) is 1. The van der Waals surface area contributed by atoms with Crippen LogP contribution in [-0.4, -0.2) is 0 Å². The van der Waals surface area contributed by atoms with Crippen molar-refractivity contribution in [3.8, 4) is 11.1 Å². The molecule has 15 heavy (non-hydrogen) atoms. The third kappa shape index (κ3) is 1.88. The van der Waals surface area contributed by atoms with E-state index >= 15 is 0 Å². The van der Waals surface area contributed by atoms with Gasteiger partial charge in [-0.2, -0.15) is 0 Å². The van der Waals surface area contributed by atoms with Gasteiger partial charge in [-0.1, -0.05) is 36.4 Å². The second-order valence-electron chi connectivity index (χ2n) is 3.19. The molecule has 0 unspecified atom stereocenters. The van der Waals surface area contributed by atoms with Gasteiger partial charge in [0, 0.05) is 5.56 Å². The number of anilines is 1. The van der Waals surface area contributed by atoms with E-state index in [0.717, 1.165) is 11.1 Å². The van der Waals surface area contributed by atoms with Crippen LogP contribution in [0.3, 0.4) is 0 Å². The van der Waals surface area contributed by atoms with Gasteiger partial charge >= 0.3 is 0 Å². The molecule has 3 heteroatoms. The molecule has 0 fully saturated rings. The summed E-state index contributed by atoms with van der Waals surface area (Å²) < 4.78 is 13.9. The summed E-state index contributed by atoms with van der Waals surface area (Å²) >= 11 is 3.10. The number of hydrogen-bond donors (Lipinski definition) is 1. The summed E-state index contributed by atoms with van der Waals surface area (Å²) in [4.78, 5) is 0. The second kappa shape index (κ2) is 4.03. The molecular formula is C12H9BrFN. The van der Waals surface area contributed by atoms with Crippen molar-refractivity contribution in [1.82, 2.24) is 0 Å². The first kappa shape index (κ1) is 10.2. The SMILES string of the molecule is Nc1c(-c2ccccc2)ccc(Br)c1F. The molecule has 0 atom stereocenters. The van der Waals surface area contributed by atoms with Gasteiger partial charge in [0.2, 0.25) is 0 Å². The van der Waals surface area contributed by atoms with Gasteiger partial charge in [0.15, 0.2) is 5.82 Å². The molecule has 2 aromatic carbocycles. The minimum Gasteiger partial charge on any atom is -0.396 e. The summed E-state index contributed by atoms with van der Waals surface area (Å²) in [5.74, 6) is -0.406. The fraction of sp³-hybridized carbons (Fsp3) is 0. The lowest BCUT2D eigenvalue weighted by atomic mass is 10.0. The maximum absolute atomic E-state index is 13.5. The summed E-state index contributed by atoms with van der Waals surface area (Å²) in [6.45, 7) is 0. The lowest BCUT2D eigenvalue weighted by Crippen LogP contribution is -1.95. The van der Waals surface area contributed by atoms with Crippen LogP contribution in [0.1, 0.15) is 0 Å². The summed E-state index contributed by atoms with van der Waals surface area (Å²) in [7, 11) is 0. The number of nitrogen functional groups attached to an aromatic ring is 1. The maximum atomic E-state index is 13.5. The quantitative estimate of drug-likeness (QED) is 0.780. The van der Waals surface area contributed by atoms with Gasteiger partial charge in [0.05, 0.1) is 10.2 Å². The Balaban J connectivity index is 2.60. The normalized spacial score (nSPS) is 10.3. The first-order valence-electron chi connectivity index (χ1n) is 4.49. The van der Waals surface area contributed by atoms with Gasteiger partial charge in [0.1, 0.15) is 0 Å². The lowest BCUT2D eigenvalue weighted by Gasteiger charge is -2.07. The van der Waals surface area contributed by atoms with Crippen LogP contribution in [0.25, 0.3) is 11.1 Å². The molecule has 0 saturated heterocycles. The minimum absolute atomic E-state index is 0.176. The van der Waals surface area contributed by atoms with Crippen LogP contribution in [0.5, 0.6) is 0 Å². The number of rotatable bonds is 1. The van der Waals surface area contributed by atoms with Crippen molar-refractivity contribution in [3.05, 3.63) is 52.8 Å². The predicted octanol–water partition coefficient (Wildman–Crippen LogP) is 3.84. The average molecular weight is 266 g/mol. The molecule has 0 heterocycles. The van der Waals surface area contributed by atoms with Crippen LogP contribution in [0.2, 0.25) is 0 Å². The zero-order chi connectivity index (χ0) is 10.8. The van der Waals surface area contributed by atoms with Crippen molar-refractivity contribution < 1.29 is 4.39 Å². The van der Waals surface area contributed by atoms with Crippen molar-refractivity contribution >= 4 is 21.6 Å². The van der Waals surface area contributed by atoms with E-state index in [-0.39, 0.29) is 5.69 Å². The summed E-state index contributed by atoms with van der Waals surface area (Å²) in [6, 6.07) is 13.0. The van der Waals surface area contributed by atoms with E-state index in [4.69, 9.17) is 5.73 Å². The van der Waals surface area contributed by atoms with Gasteiger partial charge in [-0.05, 0) is 27.6 Å². The Kier molecular flexibility index (Phi) is 2.73. The second-order valence-corrected chi connectivity index (χ2v) is 4.04. The topological polar surface area (TPSA) is 26.0 Å². The van der Waals surface area contributed by atoms with E-state index < -0.39 is 5.82 Å². The highest BCUT2D eigenvalue weighted by atomic mass is 79.9. The van der Waals surface area contributed by atoms with E-state index in [9.17, 15) is 4.39 Å². The number of halogens is 2. The Hall–Kier alpha value is -1.35. The number of benzene rings is 2. The summed E-state index contributed by atoms with van der Waals surface area (Å²) in [5.41, 5.74) is 7.52. The van der Waals surface area contributed by atoms with Crippen LogP contribution < -0.4 is 5.73 Å². The molecule has 0 aliphatic carbocycles. The molecule has 0 aliphatic rings. The molecule has 0 aromatic heterocycles. The fourth-order valence-corrected chi connectivity index (χ4v) is 1.78. The predicted molar refractivity (Wildman–Crippen MR) is 63.9 cm³/mol. The van der Waals surface area contributed by atoms with Crippen LogP contribution >= 0.6 is 15.9 Å². The highest BCUT2D eigenvalue weighted by molar-refractivity contribution is 9.10. The van der Waals surface area contributed by atoms with E-state index in [1.807, 2.05) is 30.3 Å². The highest BCUT2D eigenvalue weighted by Gasteiger charge is 2.09. The molecule has 2 aromatic rings. The Morgan fingerprint density at radius 2 is 1.67 bits per heavy atom. The van der Waals surface area contributed by atoms with Gasteiger partial charge in [-0.25, -0.2) is 4.39 Å². The van der Waals surface area contributed by atoms with Crippen LogP contribution in [0.15, 0.2) is 46.9 Å². The summed E-state index contributed by atoms with van der Waals surface area (Å²) in [6.07, 6.45) is 0. The van der Waals surface area contributed by atoms with Crippen molar-refractivity contribution in [1.29, 1.82) is 0 Å². The van der Waals surface area contributed by atoms with Crippen molar-refractivity contribution in [2.24, 2.45) is 0 Å². The smallest absolute Gasteiger partial charge is 0.160 e. The average Bonchev–Trinajstić information content (AvgIpc) is 2.27. The highest BCUT2D eigenvalue weighted by Crippen LogP contribution is 2.31. The standard InChI is InChI=1S/C12H9BrFN/c13-10-7-6-9(12(15)11(10)14)8-4-2-1-3-5-8/h1-7H,15H2. The minimum atomic E-state index is -0.406. The van der Waals surface area contributed by atoms with Crippen LogP contribution in [0, 0.1) is 5.82 Å². The van der Waals surface area contributed by atoms with Crippen LogP contribution in [0.4, 0.5) is 10.1 Å². The first-order chi connectivity index (χ1) is 7.20. The molecule has 0 bridgehead atoms. The monoisotopic (exact) mass is 265 g/mol. The maximum Gasteiger partial charge on any atom is 0.160 e. The molecule has 0 saturated carbocycles. The van der Waals surface area contributed by atoms with Gasteiger partial charge < -0.3 is 5.73 Å². The number of hydrogen-bond acceptors (Lipinski definition) is 1. The lowest BCUT2D eigenvalue weighted by molar-refractivity contribution is 0.626. The Labute approximate surface area is 95.9 Å². The molecule has 76 valence electrons. The molecule has 0 aliphatic heterocycles. The molecule has 1 nitrogen and oxygen atoms in total.